The summed E-state index contributed by atoms with van der Waals surface area (Å²) in [6.07, 6.45) is 7.13. The zero-order valence-corrected chi connectivity index (χ0v) is 11.5. The van der Waals surface area contributed by atoms with Crippen molar-refractivity contribution in [1.82, 2.24) is 10.2 Å². The molecule has 0 radical (unpaired) electrons. The Bertz CT molecular complexity index is 160. The summed E-state index contributed by atoms with van der Waals surface area (Å²) in [5.74, 6) is 0.743. The molecule has 0 aliphatic carbocycles. The first-order chi connectivity index (χ1) is 7.70. The van der Waals surface area contributed by atoms with Gasteiger partial charge in [-0.1, -0.05) is 33.1 Å². The molecule has 1 aliphatic heterocycles. The molecule has 2 heteroatoms. The quantitative estimate of drug-likeness (QED) is 0.775. The molecule has 0 saturated carbocycles. The topological polar surface area (TPSA) is 15.3 Å². The van der Waals surface area contributed by atoms with Gasteiger partial charge in [-0.3, -0.25) is 0 Å². The molecule has 2 nitrogen and oxygen atoms in total. The van der Waals surface area contributed by atoms with Crippen molar-refractivity contribution in [3.8, 4) is 0 Å². The number of hydrogen-bond donors (Lipinski definition) is 1. The van der Waals surface area contributed by atoms with Crippen molar-refractivity contribution in [2.45, 2.75) is 58.9 Å². The van der Waals surface area contributed by atoms with Crippen LogP contribution in [0.1, 0.15) is 52.9 Å². The van der Waals surface area contributed by atoms with E-state index in [9.17, 15) is 0 Å². The van der Waals surface area contributed by atoms with Gasteiger partial charge in [0.15, 0.2) is 0 Å². The van der Waals surface area contributed by atoms with Crippen LogP contribution in [-0.2, 0) is 0 Å². The van der Waals surface area contributed by atoms with Crippen LogP contribution in [0.4, 0.5) is 0 Å². The Hall–Kier alpha value is -0.0800. The molecule has 1 atom stereocenters. The molecule has 16 heavy (non-hydrogen) atoms. The smallest absolute Gasteiger partial charge is 0.0107 e. The first-order valence-electron chi connectivity index (χ1n) is 7.16. The maximum Gasteiger partial charge on any atom is 0.0107 e. The van der Waals surface area contributed by atoms with Gasteiger partial charge in [-0.15, -0.1) is 0 Å². The van der Waals surface area contributed by atoms with E-state index in [-0.39, 0.29) is 0 Å². The second kappa shape index (κ2) is 8.08. The summed E-state index contributed by atoms with van der Waals surface area (Å²) < 4.78 is 0. The molecule has 0 amide bonds. The number of likely N-dealkylation sites (tertiary alicyclic amines) is 1. The lowest BCUT2D eigenvalue weighted by atomic mass is 10.1. The minimum absolute atomic E-state index is 0.648. The molecule has 1 saturated heterocycles. The lowest BCUT2D eigenvalue weighted by molar-refractivity contribution is 0.241. The minimum atomic E-state index is 0.648. The average molecular weight is 226 g/mol. The predicted molar refractivity (Wildman–Crippen MR) is 71.8 cm³/mol. The van der Waals surface area contributed by atoms with Gasteiger partial charge in [-0.2, -0.15) is 0 Å². The van der Waals surface area contributed by atoms with E-state index in [2.05, 4.69) is 31.0 Å². The van der Waals surface area contributed by atoms with Crippen LogP contribution in [-0.4, -0.2) is 37.1 Å². The Morgan fingerprint density at radius 3 is 2.06 bits per heavy atom. The van der Waals surface area contributed by atoms with Crippen LogP contribution in [0.2, 0.25) is 0 Å². The molecule has 1 unspecified atom stereocenters. The van der Waals surface area contributed by atoms with Crippen LogP contribution in [0.25, 0.3) is 0 Å². The highest BCUT2D eigenvalue weighted by molar-refractivity contribution is 4.68. The van der Waals surface area contributed by atoms with Gasteiger partial charge in [0.1, 0.15) is 0 Å². The summed E-state index contributed by atoms with van der Waals surface area (Å²) in [4.78, 5) is 2.64. The van der Waals surface area contributed by atoms with Crippen LogP contribution < -0.4 is 5.32 Å². The van der Waals surface area contributed by atoms with Crippen molar-refractivity contribution in [2.75, 3.05) is 26.2 Å². The van der Waals surface area contributed by atoms with Crippen molar-refractivity contribution in [3.63, 3.8) is 0 Å². The number of nitrogens with zero attached hydrogens (tertiary/aromatic N) is 1. The number of hydrogen-bond acceptors (Lipinski definition) is 2. The Labute approximate surface area is 102 Å². The second-order valence-corrected chi connectivity index (χ2v) is 5.60. The van der Waals surface area contributed by atoms with Crippen molar-refractivity contribution in [2.24, 2.45) is 5.92 Å². The van der Waals surface area contributed by atoms with E-state index in [1.165, 1.54) is 51.7 Å². The van der Waals surface area contributed by atoms with Crippen LogP contribution in [0.5, 0.6) is 0 Å². The molecule has 1 fully saturated rings. The third-order valence-electron chi connectivity index (χ3n) is 3.84. The zero-order chi connectivity index (χ0) is 11.8. The van der Waals surface area contributed by atoms with E-state index in [1.54, 1.807) is 0 Å². The van der Waals surface area contributed by atoms with E-state index < -0.39 is 0 Å². The molecule has 1 rings (SSSR count). The van der Waals surface area contributed by atoms with Gasteiger partial charge in [0.25, 0.3) is 0 Å². The van der Waals surface area contributed by atoms with Crippen LogP contribution in [0.3, 0.4) is 0 Å². The number of nitrogens with one attached hydrogen (secondary N) is 1. The SMILES string of the molecule is CC(C)C(C)NCCN1CCCCCCC1. The van der Waals surface area contributed by atoms with E-state index in [0.717, 1.165) is 12.5 Å². The molecule has 1 aliphatic rings. The van der Waals surface area contributed by atoms with Crippen LogP contribution in [0.15, 0.2) is 0 Å². The third kappa shape index (κ3) is 5.86. The highest BCUT2D eigenvalue weighted by Crippen LogP contribution is 2.09. The van der Waals surface area contributed by atoms with Gasteiger partial charge in [-0.25, -0.2) is 0 Å². The molecular weight excluding hydrogens is 196 g/mol. The van der Waals surface area contributed by atoms with Gasteiger partial charge in [0.05, 0.1) is 0 Å². The lowest BCUT2D eigenvalue weighted by Crippen LogP contribution is -2.39. The largest absolute Gasteiger partial charge is 0.313 e. The zero-order valence-electron chi connectivity index (χ0n) is 11.5. The van der Waals surface area contributed by atoms with E-state index >= 15 is 0 Å². The Morgan fingerprint density at radius 2 is 1.50 bits per heavy atom. The van der Waals surface area contributed by atoms with Crippen molar-refractivity contribution in [3.05, 3.63) is 0 Å². The molecule has 0 bridgehead atoms. The maximum atomic E-state index is 3.62. The molecular formula is C14H30N2. The summed E-state index contributed by atoms with van der Waals surface area (Å²) in [6.45, 7) is 11.9. The Kier molecular flexibility index (Phi) is 7.06. The summed E-state index contributed by atoms with van der Waals surface area (Å²) in [5, 5.41) is 3.62. The maximum absolute atomic E-state index is 3.62. The molecule has 0 aromatic carbocycles. The van der Waals surface area contributed by atoms with E-state index in [1.807, 2.05) is 0 Å². The van der Waals surface area contributed by atoms with Gasteiger partial charge in [0.2, 0.25) is 0 Å². The second-order valence-electron chi connectivity index (χ2n) is 5.60. The monoisotopic (exact) mass is 226 g/mol. The number of rotatable bonds is 5. The van der Waals surface area contributed by atoms with Crippen LogP contribution in [0, 0.1) is 5.92 Å². The molecule has 0 aromatic rings. The Morgan fingerprint density at radius 1 is 0.938 bits per heavy atom. The summed E-state index contributed by atoms with van der Waals surface area (Å²) in [5.41, 5.74) is 0. The van der Waals surface area contributed by atoms with Crippen molar-refractivity contribution < 1.29 is 0 Å². The Balaban J connectivity index is 2.10. The lowest BCUT2D eigenvalue weighted by Gasteiger charge is -2.26. The van der Waals surface area contributed by atoms with Gasteiger partial charge >= 0.3 is 0 Å². The predicted octanol–water partition coefficient (Wildman–Crippen LogP) is 2.89. The molecule has 0 spiro atoms. The molecule has 1 heterocycles. The summed E-state index contributed by atoms with van der Waals surface area (Å²) in [6, 6.07) is 0.648. The van der Waals surface area contributed by atoms with Gasteiger partial charge < -0.3 is 10.2 Å². The molecule has 0 aromatic heterocycles. The molecule has 96 valence electrons. The fraction of sp³-hybridized carbons (Fsp3) is 1.00. The third-order valence-corrected chi connectivity index (χ3v) is 3.84. The minimum Gasteiger partial charge on any atom is -0.313 e. The average Bonchev–Trinajstić information content (AvgIpc) is 2.20. The van der Waals surface area contributed by atoms with Crippen LogP contribution >= 0.6 is 0 Å². The van der Waals surface area contributed by atoms with Gasteiger partial charge in [-0.05, 0) is 38.8 Å². The summed E-state index contributed by atoms with van der Waals surface area (Å²) >= 11 is 0. The fourth-order valence-electron chi connectivity index (χ4n) is 2.22. The normalized spacial score (nSPS) is 21.8. The van der Waals surface area contributed by atoms with Crippen molar-refractivity contribution in [1.29, 1.82) is 0 Å². The fourth-order valence-corrected chi connectivity index (χ4v) is 2.22. The van der Waals surface area contributed by atoms with Gasteiger partial charge in [0, 0.05) is 19.1 Å². The standard InChI is InChI=1S/C14H30N2/c1-13(2)14(3)15-9-12-16-10-7-5-4-6-8-11-16/h13-15H,4-12H2,1-3H3. The highest BCUT2D eigenvalue weighted by Gasteiger charge is 2.09. The first kappa shape index (κ1) is 14.0. The highest BCUT2D eigenvalue weighted by atomic mass is 15.1. The van der Waals surface area contributed by atoms with E-state index in [0.29, 0.717) is 6.04 Å². The van der Waals surface area contributed by atoms with E-state index in [4.69, 9.17) is 0 Å². The summed E-state index contributed by atoms with van der Waals surface area (Å²) in [7, 11) is 0. The first-order valence-corrected chi connectivity index (χ1v) is 7.16. The molecule has 1 N–H and O–H groups in total. The van der Waals surface area contributed by atoms with Crippen molar-refractivity contribution >= 4 is 0 Å².